The van der Waals surface area contributed by atoms with Crippen LogP contribution in [-0.2, 0) is 11.3 Å². The van der Waals surface area contributed by atoms with Gasteiger partial charge in [0.1, 0.15) is 0 Å². The van der Waals surface area contributed by atoms with E-state index >= 15 is 0 Å². The number of aromatic nitrogens is 2. The first-order chi connectivity index (χ1) is 13.0. The van der Waals surface area contributed by atoms with E-state index in [2.05, 4.69) is 42.5 Å². The van der Waals surface area contributed by atoms with Crippen molar-refractivity contribution in [3.05, 3.63) is 76.6 Å². The molecule has 0 aliphatic heterocycles. The average Bonchev–Trinajstić information content (AvgIpc) is 2.95. The van der Waals surface area contributed by atoms with Gasteiger partial charge in [-0.2, -0.15) is 5.10 Å². The van der Waals surface area contributed by atoms with Crippen LogP contribution in [0.5, 0.6) is 0 Å². The van der Waals surface area contributed by atoms with Gasteiger partial charge in [-0.25, -0.2) is 4.68 Å². The van der Waals surface area contributed by atoms with Crippen molar-refractivity contribution in [3.8, 4) is 5.69 Å². The molecule has 0 aliphatic rings. The summed E-state index contributed by atoms with van der Waals surface area (Å²) in [5.74, 6) is 0.446. The Labute approximate surface area is 165 Å². The molecule has 0 saturated carbocycles. The monoisotopic (exact) mass is 379 g/mol. The van der Waals surface area contributed by atoms with E-state index in [-0.39, 0.29) is 5.91 Å². The molecule has 0 fully saturated rings. The van der Waals surface area contributed by atoms with Crippen LogP contribution in [0, 0.1) is 27.7 Å². The van der Waals surface area contributed by atoms with Crippen molar-refractivity contribution in [2.24, 2.45) is 0 Å². The van der Waals surface area contributed by atoms with Crippen molar-refractivity contribution in [2.75, 3.05) is 5.75 Å². The molecule has 0 atom stereocenters. The number of benzene rings is 2. The Bertz CT molecular complexity index is 948. The second kappa shape index (κ2) is 8.44. The molecule has 1 N–H and O–H groups in total. The second-order valence-electron chi connectivity index (χ2n) is 6.73. The lowest BCUT2D eigenvalue weighted by molar-refractivity contribution is -0.118. The maximum absolute atomic E-state index is 12.3. The predicted octanol–water partition coefficient (Wildman–Crippen LogP) is 4.51. The molecule has 0 bridgehead atoms. The summed E-state index contributed by atoms with van der Waals surface area (Å²) < 4.78 is 1.93. The zero-order chi connectivity index (χ0) is 19.4. The van der Waals surface area contributed by atoms with Crippen molar-refractivity contribution in [3.63, 3.8) is 0 Å². The highest BCUT2D eigenvalue weighted by Crippen LogP contribution is 2.23. The minimum Gasteiger partial charge on any atom is -0.351 e. The van der Waals surface area contributed by atoms with E-state index in [1.54, 1.807) is 11.8 Å². The fraction of sp³-hybridized carbons (Fsp3) is 0.273. The summed E-state index contributed by atoms with van der Waals surface area (Å²) in [4.78, 5) is 13.5. The molecule has 4 nitrogen and oxygen atoms in total. The molecule has 0 spiro atoms. The Morgan fingerprint density at radius 2 is 1.81 bits per heavy atom. The molecule has 3 rings (SSSR count). The van der Waals surface area contributed by atoms with Gasteiger partial charge in [-0.1, -0.05) is 35.9 Å². The number of hydrogen-bond acceptors (Lipinski definition) is 3. The minimum atomic E-state index is 0.0344. The van der Waals surface area contributed by atoms with Crippen LogP contribution in [0.1, 0.15) is 28.1 Å². The third-order valence-electron chi connectivity index (χ3n) is 4.61. The largest absolute Gasteiger partial charge is 0.351 e. The van der Waals surface area contributed by atoms with Gasteiger partial charge in [0, 0.05) is 22.7 Å². The molecule has 0 aliphatic carbocycles. The molecule has 1 aromatic heterocycles. The van der Waals surface area contributed by atoms with Gasteiger partial charge in [-0.3, -0.25) is 4.79 Å². The number of hydrogen-bond donors (Lipinski definition) is 1. The van der Waals surface area contributed by atoms with Gasteiger partial charge in [-0.15, -0.1) is 11.8 Å². The van der Waals surface area contributed by atoms with Crippen LogP contribution in [0.4, 0.5) is 0 Å². The number of nitrogens with zero attached hydrogens (tertiary/aromatic N) is 2. The number of aryl methyl sites for hydroxylation is 3. The normalized spacial score (nSPS) is 10.8. The Balaban J connectivity index is 1.62. The summed E-state index contributed by atoms with van der Waals surface area (Å²) >= 11 is 1.58. The van der Waals surface area contributed by atoms with Crippen LogP contribution in [-0.4, -0.2) is 21.4 Å². The number of para-hydroxylation sites is 1. The quantitative estimate of drug-likeness (QED) is 0.641. The number of nitrogens with one attached hydrogen (secondary N) is 1. The van der Waals surface area contributed by atoms with E-state index in [1.165, 1.54) is 11.1 Å². The average molecular weight is 380 g/mol. The highest BCUT2D eigenvalue weighted by atomic mass is 32.2. The number of amides is 1. The van der Waals surface area contributed by atoms with E-state index in [0.29, 0.717) is 12.3 Å². The van der Waals surface area contributed by atoms with Gasteiger partial charge in [0.15, 0.2) is 0 Å². The van der Waals surface area contributed by atoms with E-state index < -0.39 is 0 Å². The number of carbonyl (C=O) groups excluding carboxylic acids is 1. The summed E-state index contributed by atoms with van der Waals surface area (Å²) in [7, 11) is 0. The van der Waals surface area contributed by atoms with Gasteiger partial charge in [0.2, 0.25) is 5.91 Å². The van der Waals surface area contributed by atoms with Gasteiger partial charge >= 0.3 is 0 Å². The van der Waals surface area contributed by atoms with Crippen molar-refractivity contribution < 1.29 is 4.79 Å². The minimum absolute atomic E-state index is 0.0344. The lowest BCUT2D eigenvalue weighted by Gasteiger charge is -2.09. The molecule has 1 amide bonds. The van der Waals surface area contributed by atoms with Crippen molar-refractivity contribution in [2.45, 2.75) is 39.1 Å². The molecule has 0 unspecified atom stereocenters. The van der Waals surface area contributed by atoms with Crippen LogP contribution in [0.3, 0.4) is 0 Å². The Kier molecular flexibility index (Phi) is 6.01. The second-order valence-corrected chi connectivity index (χ2v) is 7.75. The first-order valence-corrected chi connectivity index (χ1v) is 10.0. The number of thioether (sulfide) groups is 1. The lowest BCUT2D eigenvalue weighted by Crippen LogP contribution is -2.25. The van der Waals surface area contributed by atoms with Crippen molar-refractivity contribution >= 4 is 17.7 Å². The molecule has 1 heterocycles. The first-order valence-electron chi connectivity index (χ1n) is 9.03. The molecule has 2 aromatic carbocycles. The zero-order valence-corrected chi connectivity index (χ0v) is 17.1. The van der Waals surface area contributed by atoms with Gasteiger partial charge < -0.3 is 5.32 Å². The standard InChI is InChI=1S/C22H25N3OS/c1-15-10-11-16(2)21(12-15)27-14-22(26)23-13-20-17(3)24-25(18(20)4)19-8-6-5-7-9-19/h5-12H,13-14H2,1-4H3,(H,23,26). The topological polar surface area (TPSA) is 46.9 Å². The molecule has 0 saturated heterocycles. The van der Waals surface area contributed by atoms with Crippen LogP contribution < -0.4 is 5.32 Å². The third kappa shape index (κ3) is 4.61. The summed E-state index contributed by atoms with van der Waals surface area (Å²) in [5.41, 5.74) is 6.52. The Hall–Kier alpha value is -2.53. The summed E-state index contributed by atoms with van der Waals surface area (Å²) in [5, 5.41) is 7.67. The maximum Gasteiger partial charge on any atom is 0.230 e. The SMILES string of the molecule is Cc1ccc(C)c(SCC(=O)NCc2c(C)nn(-c3ccccc3)c2C)c1. The van der Waals surface area contributed by atoms with E-state index in [1.807, 2.05) is 48.9 Å². The predicted molar refractivity (Wildman–Crippen MR) is 112 cm³/mol. The van der Waals surface area contributed by atoms with E-state index in [4.69, 9.17) is 0 Å². The summed E-state index contributed by atoms with van der Waals surface area (Å²) in [6.45, 7) is 8.67. The molecule has 0 radical (unpaired) electrons. The van der Waals surface area contributed by atoms with Crippen molar-refractivity contribution in [1.82, 2.24) is 15.1 Å². The smallest absolute Gasteiger partial charge is 0.230 e. The van der Waals surface area contributed by atoms with Crippen LogP contribution in [0.25, 0.3) is 5.69 Å². The summed E-state index contributed by atoms with van der Waals surface area (Å²) in [6.07, 6.45) is 0. The molecule has 27 heavy (non-hydrogen) atoms. The van der Waals surface area contributed by atoms with Crippen LogP contribution >= 0.6 is 11.8 Å². The number of rotatable bonds is 6. The van der Waals surface area contributed by atoms with E-state index in [0.717, 1.165) is 27.5 Å². The number of carbonyl (C=O) groups is 1. The summed E-state index contributed by atoms with van der Waals surface area (Å²) in [6, 6.07) is 16.4. The maximum atomic E-state index is 12.3. The van der Waals surface area contributed by atoms with E-state index in [9.17, 15) is 4.79 Å². The van der Waals surface area contributed by atoms with Gasteiger partial charge in [0.05, 0.1) is 17.1 Å². The fourth-order valence-electron chi connectivity index (χ4n) is 3.00. The molecule has 3 aromatic rings. The van der Waals surface area contributed by atoms with Crippen LogP contribution in [0.2, 0.25) is 0 Å². The third-order valence-corrected chi connectivity index (χ3v) is 5.76. The fourth-order valence-corrected chi connectivity index (χ4v) is 3.95. The highest BCUT2D eigenvalue weighted by Gasteiger charge is 2.14. The molecular weight excluding hydrogens is 354 g/mol. The van der Waals surface area contributed by atoms with Crippen LogP contribution in [0.15, 0.2) is 53.4 Å². The first kappa shape index (κ1) is 19.2. The Morgan fingerprint density at radius 1 is 1.07 bits per heavy atom. The zero-order valence-electron chi connectivity index (χ0n) is 16.2. The Morgan fingerprint density at radius 3 is 2.56 bits per heavy atom. The van der Waals surface area contributed by atoms with Crippen molar-refractivity contribution in [1.29, 1.82) is 0 Å². The van der Waals surface area contributed by atoms with Gasteiger partial charge in [0.25, 0.3) is 0 Å². The molecular formula is C22H25N3OS. The molecule has 140 valence electrons. The highest BCUT2D eigenvalue weighted by molar-refractivity contribution is 8.00. The lowest BCUT2D eigenvalue weighted by atomic mass is 10.2. The molecule has 5 heteroatoms. The van der Waals surface area contributed by atoms with Gasteiger partial charge in [-0.05, 0) is 51.5 Å².